The van der Waals surface area contributed by atoms with Crippen LogP contribution in [0.5, 0.6) is 0 Å². The van der Waals surface area contributed by atoms with Gasteiger partial charge in [0.1, 0.15) is 5.58 Å². The average Bonchev–Trinajstić information content (AvgIpc) is 3.24. The van der Waals surface area contributed by atoms with Gasteiger partial charge in [-0.05, 0) is 62.6 Å². The summed E-state index contributed by atoms with van der Waals surface area (Å²) in [4.78, 5) is 27.3. The van der Waals surface area contributed by atoms with Crippen molar-refractivity contribution in [2.45, 2.75) is 46.8 Å². The molecule has 0 aliphatic carbocycles. The van der Waals surface area contributed by atoms with Gasteiger partial charge in [-0.2, -0.15) is 0 Å². The molecule has 0 saturated heterocycles. The highest BCUT2D eigenvalue weighted by Gasteiger charge is 2.26. The van der Waals surface area contributed by atoms with E-state index in [2.05, 4.69) is 35.3 Å². The van der Waals surface area contributed by atoms with Crippen molar-refractivity contribution in [3.63, 3.8) is 0 Å². The van der Waals surface area contributed by atoms with Crippen LogP contribution in [0.15, 0.2) is 63.8 Å². The summed E-state index contributed by atoms with van der Waals surface area (Å²) in [6.07, 6.45) is 0. The summed E-state index contributed by atoms with van der Waals surface area (Å²) in [5.41, 5.74) is 7.23. The molecular weight excluding hydrogens is 440 g/mol. The monoisotopic (exact) mass is 468 g/mol. The topological polar surface area (TPSA) is 82.8 Å². The van der Waals surface area contributed by atoms with E-state index in [-0.39, 0.29) is 17.0 Å². The molecule has 2 heterocycles. The highest BCUT2D eigenvalue weighted by molar-refractivity contribution is 5.94. The second-order valence-corrected chi connectivity index (χ2v) is 9.44. The van der Waals surface area contributed by atoms with Gasteiger partial charge < -0.3 is 19.7 Å². The number of nitrogens with zero attached hydrogens (tertiary/aromatic N) is 1. The van der Waals surface area contributed by atoms with Crippen LogP contribution in [0.1, 0.15) is 56.7 Å². The van der Waals surface area contributed by atoms with Crippen molar-refractivity contribution in [1.82, 2.24) is 0 Å². The lowest BCUT2D eigenvalue weighted by atomic mass is 10.00. The van der Waals surface area contributed by atoms with Crippen LogP contribution in [0.4, 0.5) is 11.6 Å². The largest absolute Gasteiger partial charge is 0.478 e. The van der Waals surface area contributed by atoms with Crippen molar-refractivity contribution in [3.8, 4) is 0 Å². The van der Waals surface area contributed by atoms with E-state index in [9.17, 15) is 14.7 Å². The summed E-state index contributed by atoms with van der Waals surface area (Å²) in [6.45, 7) is 9.17. The summed E-state index contributed by atoms with van der Waals surface area (Å²) in [7, 11) is 0. The van der Waals surface area contributed by atoms with Crippen LogP contribution in [-0.4, -0.2) is 11.1 Å². The summed E-state index contributed by atoms with van der Waals surface area (Å²) in [6, 6.07) is 16.8. The van der Waals surface area contributed by atoms with E-state index < -0.39 is 5.97 Å². The number of hydrogen-bond donors (Lipinski definition) is 2. The Bertz CT molecular complexity index is 1540. The predicted octanol–water partition coefficient (Wildman–Crippen LogP) is 6.11. The number of carboxylic acids is 1. The van der Waals surface area contributed by atoms with Crippen molar-refractivity contribution in [1.29, 1.82) is 0 Å². The molecule has 0 unspecified atom stereocenters. The minimum absolute atomic E-state index is 0.0449. The molecule has 2 N–H and O–H groups in total. The Hall–Kier alpha value is -4.06. The van der Waals surface area contributed by atoms with Gasteiger partial charge >= 0.3 is 5.97 Å². The maximum absolute atomic E-state index is 13.5. The Labute approximate surface area is 203 Å². The van der Waals surface area contributed by atoms with Crippen LogP contribution >= 0.6 is 0 Å². The smallest absolute Gasteiger partial charge is 0.337 e. The van der Waals surface area contributed by atoms with E-state index in [0.29, 0.717) is 41.2 Å². The molecule has 6 heteroatoms. The lowest BCUT2D eigenvalue weighted by Crippen LogP contribution is -2.20. The number of aryl methyl sites for hydroxylation is 2. The molecule has 4 aromatic rings. The number of nitrogens with one attached hydrogen (secondary N) is 1. The summed E-state index contributed by atoms with van der Waals surface area (Å²) < 4.78 is 6.51. The number of aromatic carboxylic acids is 1. The van der Waals surface area contributed by atoms with Crippen molar-refractivity contribution in [2.24, 2.45) is 0 Å². The van der Waals surface area contributed by atoms with Gasteiger partial charge in [0.05, 0.1) is 22.6 Å². The molecule has 1 aliphatic rings. The van der Waals surface area contributed by atoms with Gasteiger partial charge in [0.25, 0.3) is 0 Å². The van der Waals surface area contributed by atoms with E-state index in [1.807, 2.05) is 32.9 Å². The predicted molar refractivity (Wildman–Crippen MR) is 138 cm³/mol. The Morgan fingerprint density at radius 1 is 1.00 bits per heavy atom. The van der Waals surface area contributed by atoms with Crippen LogP contribution in [0.3, 0.4) is 0 Å². The average molecular weight is 469 g/mol. The maximum Gasteiger partial charge on any atom is 0.337 e. The Morgan fingerprint density at radius 2 is 1.74 bits per heavy atom. The zero-order chi connectivity index (χ0) is 24.9. The Kier molecular flexibility index (Phi) is 5.59. The molecule has 1 aromatic heterocycles. The maximum atomic E-state index is 13.5. The highest BCUT2D eigenvalue weighted by Crippen LogP contribution is 2.35. The molecule has 0 amide bonds. The number of carbonyl (C=O) groups is 1. The van der Waals surface area contributed by atoms with Crippen molar-refractivity contribution in [3.05, 3.63) is 104 Å². The Morgan fingerprint density at radius 3 is 2.51 bits per heavy atom. The quantitative estimate of drug-likeness (QED) is 0.368. The molecule has 0 radical (unpaired) electrons. The van der Waals surface area contributed by atoms with Crippen molar-refractivity contribution in [2.75, 3.05) is 10.2 Å². The zero-order valence-electron chi connectivity index (χ0n) is 20.3. The van der Waals surface area contributed by atoms with E-state index >= 15 is 0 Å². The molecular formula is C29H28N2O4. The highest BCUT2D eigenvalue weighted by atomic mass is 16.4. The minimum atomic E-state index is -0.998. The number of hydrogen-bond acceptors (Lipinski definition) is 5. The lowest BCUT2D eigenvalue weighted by Gasteiger charge is -2.22. The lowest BCUT2D eigenvalue weighted by molar-refractivity contribution is 0.0698. The van der Waals surface area contributed by atoms with E-state index in [1.165, 1.54) is 16.7 Å². The molecule has 1 atom stereocenters. The van der Waals surface area contributed by atoms with E-state index in [0.717, 1.165) is 11.1 Å². The fourth-order valence-electron chi connectivity index (χ4n) is 4.95. The first-order valence-electron chi connectivity index (χ1n) is 11.7. The Balaban J connectivity index is 1.60. The number of fused-ring (bicyclic) bond motifs is 2. The van der Waals surface area contributed by atoms with Gasteiger partial charge in [-0.15, -0.1) is 0 Å². The second-order valence-electron chi connectivity index (χ2n) is 9.44. The molecule has 0 fully saturated rings. The van der Waals surface area contributed by atoms with Gasteiger partial charge in [-0.1, -0.05) is 42.0 Å². The van der Waals surface area contributed by atoms with Crippen LogP contribution in [0.2, 0.25) is 0 Å². The number of para-hydroxylation sites is 1. The standard InChI is InChI=1S/C29H28N2O4/c1-16-9-10-20-14-31(15-21(20)11-16)28-18(3)26(32)24-13-17(2)12-23(27(24)35-28)19(4)30-25-8-6-5-7-22(25)29(33)34/h5-13,19,30H,14-15H2,1-4H3,(H,33,34)/t19-/m1/s1. The molecule has 3 aromatic carbocycles. The first-order valence-corrected chi connectivity index (χ1v) is 11.7. The molecule has 5 rings (SSSR count). The van der Waals surface area contributed by atoms with Crippen molar-refractivity contribution >= 4 is 28.5 Å². The molecule has 35 heavy (non-hydrogen) atoms. The van der Waals surface area contributed by atoms with Gasteiger partial charge in [-0.25, -0.2) is 4.79 Å². The first kappa shape index (κ1) is 22.7. The minimum Gasteiger partial charge on any atom is -0.478 e. The second kappa shape index (κ2) is 8.62. The van der Waals surface area contributed by atoms with Gasteiger partial charge in [0.2, 0.25) is 5.88 Å². The van der Waals surface area contributed by atoms with Crippen molar-refractivity contribution < 1.29 is 14.3 Å². The van der Waals surface area contributed by atoms with E-state index in [1.54, 1.807) is 24.3 Å². The van der Waals surface area contributed by atoms with Gasteiger partial charge in [0, 0.05) is 24.3 Å². The summed E-state index contributed by atoms with van der Waals surface area (Å²) in [5, 5.41) is 13.4. The molecule has 0 bridgehead atoms. The van der Waals surface area contributed by atoms with Crippen LogP contribution < -0.4 is 15.6 Å². The van der Waals surface area contributed by atoms with Crippen LogP contribution in [-0.2, 0) is 13.1 Å². The third-order valence-electron chi connectivity index (χ3n) is 6.73. The zero-order valence-corrected chi connectivity index (χ0v) is 20.3. The fraction of sp³-hybridized carbons (Fsp3) is 0.241. The summed E-state index contributed by atoms with van der Waals surface area (Å²) in [5.74, 6) is -0.415. The fourth-order valence-corrected chi connectivity index (χ4v) is 4.95. The first-order chi connectivity index (χ1) is 16.7. The molecule has 6 nitrogen and oxygen atoms in total. The van der Waals surface area contributed by atoms with Crippen LogP contribution in [0.25, 0.3) is 11.0 Å². The molecule has 0 spiro atoms. The SMILES string of the molecule is Cc1ccc2c(c1)CN(c1oc3c([C@@H](C)Nc4ccccc4C(=O)O)cc(C)cc3c(=O)c1C)C2. The molecule has 178 valence electrons. The third kappa shape index (κ3) is 4.05. The third-order valence-corrected chi connectivity index (χ3v) is 6.73. The van der Waals surface area contributed by atoms with Crippen LogP contribution in [0, 0.1) is 20.8 Å². The number of rotatable bonds is 5. The molecule has 1 aliphatic heterocycles. The number of anilines is 2. The number of benzene rings is 3. The molecule has 0 saturated carbocycles. The van der Waals surface area contributed by atoms with Gasteiger partial charge in [-0.3, -0.25) is 4.79 Å². The summed E-state index contributed by atoms with van der Waals surface area (Å²) >= 11 is 0. The van der Waals surface area contributed by atoms with Gasteiger partial charge in [0.15, 0.2) is 5.43 Å². The normalized spacial score (nSPS) is 13.7. The van der Waals surface area contributed by atoms with E-state index in [4.69, 9.17) is 4.42 Å². The number of carboxylic acid groups (broad SMARTS) is 1.